The van der Waals surface area contributed by atoms with Gasteiger partial charge in [0.1, 0.15) is 11.3 Å². The highest BCUT2D eigenvalue weighted by atomic mass is 16.3. The molecule has 0 unspecified atom stereocenters. The molecule has 25 heavy (non-hydrogen) atoms. The molecule has 4 nitrogen and oxygen atoms in total. The fourth-order valence-electron chi connectivity index (χ4n) is 3.60. The Morgan fingerprint density at radius 2 is 1.84 bits per heavy atom. The molecular formula is C21H18N2O2. The van der Waals surface area contributed by atoms with E-state index in [0.29, 0.717) is 17.0 Å². The van der Waals surface area contributed by atoms with Gasteiger partial charge in [0.2, 0.25) is 0 Å². The minimum Gasteiger partial charge on any atom is -0.460 e. The zero-order valence-electron chi connectivity index (χ0n) is 14.0. The lowest BCUT2D eigenvalue weighted by molar-refractivity contribution is 0.553. The number of hydrogen-bond donors (Lipinski definition) is 1. The first kappa shape index (κ1) is 14.3. The molecule has 0 radical (unpaired) electrons. The van der Waals surface area contributed by atoms with Crippen molar-refractivity contribution in [1.29, 1.82) is 0 Å². The van der Waals surface area contributed by atoms with E-state index < -0.39 is 0 Å². The largest absolute Gasteiger partial charge is 0.460 e. The molecule has 1 aliphatic rings. The second-order valence-electron chi connectivity index (χ2n) is 6.91. The van der Waals surface area contributed by atoms with Crippen molar-refractivity contribution < 1.29 is 4.42 Å². The van der Waals surface area contributed by atoms with E-state index in [1.54, 1.807) is 11.6 Å². The Balaban J connectivity index is 1.88. The first-order valence-corrected chi connectivity index (χ1v) is 8.53. The summed E-state index contributed by atoms with van der Waals surface area (Å²) < 4.78 is 7.83. The minimum absolute atomic E-state index is 0.00221. The monoisotopic (exact) mass is 330 g/mol. The van der Waals surface area contributed by atoms with Crippen molar-refractivity contribution >= 4 is 27.4 Å². The van der Waals surface area contributed by atoms with Gasteiger partial charge in [-0.25, -0.2) is 0 Å². The van der Waals surface area contributed by atoms with Crippen LogP contribution in [-0.4, -0.2) is 4.57 Å². The Morgan fingerprint density at radius 3 is 2.60 bits per heavy atom. The third kappa shape index (κ3) is 2.18. The Kier molecular flexibility index (Phi) is 2.86. The van der Waals surface area contributed by atoms with Crippen molar-refractivity contribution in [3.05, 3.63) is 64.8 Å². The van der Waals surface area contributed by atoms with E-state index >= 15 is 0 Å². The van der Waals surface area contributed by atoms with E-state index in [1.165, 1.54) is 12.8 Å². The van der Waals surface area contributed by atoms with Crippen LogP contribution in [0.4, 0.5) is 5.69 Å². The van der Waals surface area contributed by atoms with E-state index in [4.69, 9.17) is 10.2 Å². The van der Waals surface area contributed by atoms with Gasteiger partial charge in [-0.1, -0.05) is 18.2 Å². The normalized spacial score (nSPS) is 14.4. The van der Waals surface area contributed by atoms with Gasteiger partial charge in [-0.3, -0.25) is 4.79 Å². The van der Waals surface area contributed by atoms with Crippen LogP contribution in [0.1, 0.15) is 24.5 Å². The van der Waals surface area contributed by atoms with Crippen molar-refractivity contribution in [1.82, 2.24) is 4.57 Å². The molecule has 0 atom stereocenters. The fraction of sp³-hybridized carbons (Fsp3) is 0.190. The number of aryl methyl sites for hydroxylation is 1. The predicted molar refractivity (Wildman–Crippen MR) is 101 cm³/mol. The smallest absolute Gasteiger partial charge is 0.258 e. The molecule has 2 N–H and O–H groups in total. The predicted octanol–water partition coefficient (Wildman–Crippen LogP) is 4.41. The number of fused-ring (bicyclic) bond motifs is 2. The molecular weight excluding hydrogens is 312 g/mol. The maximum Gasteiger partial charge on any atom is 0.258 e. The first-order chi connectivity index (χ1) is 12.1. The number of benzene rings is 2. The van der Waals surface area contributed by atoms with Crippen LogP contribution in [0, 0.1) is 0 Å². The summed E-state index contributed by atoms with van der Waals surface area (Å²) >= 11 is 0. The lowest BCUT2D eigenvalue weighted by atomic mass is 9.98. The number of hydrogen-bond acceptors (Lipinski definition) is 3. The minimum atomic E-state index is -0.00221. The quantitative estimate of drug-likeness (QED) is 0.554. The van der Waals surface area contributed by atoms with E-state index in [1.807, 2.05) is 42.6 Å². The van der Waals surface area contributed by atoms with Crippen LogP contribution < -0.4 is 11.3 Å². The van der Waals surface area contributed by atoms with Gasteiger partial charge in [-0.05, 0) is 42.5 Å². The Labute approximate surface area is 144 Å². The number of nitrogen functional groups attached to an aromatic ring is 1. The van der Waals surface area contributed by atoms with Crippen molar-refractivity contribution in [3.63, 3.8) is 0 Å². The number of nitrogens with two attached hydrogens (primary N) is 1. The van der Waals surface area contributed by atoms with E-state index in [-0.39, 0.29) is 5.56 Å². The van der Waals surface area contributed by atoms with Crippen molar-refractivity contribution in [2.45, 2.75) is 18.8 Å². The lowest BCUT2D eigenvalue weighted by Gasteiger charge is -2.11. The maximum atomic E-state index is 12.5. The van der Waals surface area contributed by atoms with E-state index in [0.717, 1.165) is 33.2 Å². The average Bonchev–Trinajstić information content (AvgIpc) is 3.37. The summed E-state index contributed by atoms with van der Waals surface area (Å²) in [6.07, 6.45) is 4.25. The molecule has 5 rings (SSSR count). The van der Waals surface area contributed by atoms with Gasteiger partial charge in [0, 0.05) is 46.7 Å². The first-order valence-electron chi connectivity index (χ1n) is 8.53. The second kappa shape index (κ2) is 4.99. The molecule has 124 valence electrons. The number of rotatable bonds is 2. The third-order valence-electron chi connectivity index (χ3n) is 5.02. The van der Waals surface area contributed by atoms with Gasteiger partial charge in [-0.2, -0.15) is 0 Å². The number of anilines is 1. The van der Waals surface area contributed by atoms with E-state index in [9.17, 15) is 4.79 Å². The van der Waals surface area contributed by atoms with Crippen LogP contribution in [0.15, 0.2) is 57.9 Å². The number of furan rings is 1. The summed E-state index contributed by atoms with van der Waals surface area (Å²) in [6.45, 7) is 0. The van der Waals surface area contributed by atoms with Crippen molar-refractivity contribution in [2.24, 2.45) is 7.05 Å². The highest BCUT2D eigenvalue weighted by molar-refractivity contribution is 6.04. The van der Waals surface area contributed by atoms with Crippen LogP contribution in [-0.2, 0) is 7.05 Å². The summed E-state index contributed by atoms with van der Waals surface area (Å²) in [5.74, 6) is 1.58. The number of nitrogens with zero attached hydrogens (tertiary/aromatic N) is 1. The van der Waals surface area contributed by atoms with Gasteiger partial charge in [0.25, 0.3) is 5.56 Å². The summed E-state index contributed by atoms with van der Waals surface area (Å²) in [5.41, 5.74) is 9.61. The van der Waals surface area contributed by atoms with Crippen LogP contribution in [0.5, 0.6) is 0 Å². The molecule has 2 aromatic carbocycles. The molecule has 0 aliphatic heterocycles. The topological polar surface area (TPSA) is 61.2 Å². The van der Waals surface area contributed by atoms with Gasteiger partial charge in [-0.15, -0.1) is 0 Å². The Morgan fingerprint density at radius 1 is 1.08 bits per heavy atom. The van der Waals surface area contributed by atoms with Gasteiger partial charge in [0.15, 0.2) is 0 Å². The van der Waals surface area contributed by atoms with Gasteiger partial charge < -0.3 is 14.7 Å². The molecule has 0 saturated heterocycles. The fourth-order valence-corrected chi connectivity index (χ4v) is 3.60. The molecule has 2 heterocycles. The highest BCUT2D eigenvalue weighted by Crippen LogP contribution is 2.44. The molecule has 4 heteroatoms. The molecule has 0 bridgehead atoms. The molecule has 0 amide bonds. The number of aromatic nitrogens is 1. The van der Waals surface area contributed by atoms with Crippen molar-refractivity contribution in [2.75, 3.05) is 5.73 Å². The standard InChI is InChI=1S/C21H18N2O2/c1-23-11-18(15-4-2-3-5-16(15)21(23)24)17-10-14(22)8-13-9-19(12-6-7-12)25-20(13)17/h2-5,8-12H,6-7,22H2,1H3. The second-order valence-corrected chi connectivity index (χ2v) is 6.91. The van der Waals surface area contributed by atoms with Crippen LogP contribution >= 0.6 is 0 Å². The van der Waals surface area contributed by atoms with Crippen LogP contribution in [0.3, 0.4) is 0 Å². The molecule has 2 aromatic heterocycles. The highest BCUT2D eigenvalue weighted by Gasteiger charge is 2.28. The number of pyridine rings is 1. The Hall–Kier alpha value is -3.01. The average molecular weight is 330 g/mol. The van der Waals surface area contributed by atoms with E-state index in [2.05, 4.69) is 6.07 Å². The summed E-state index contributed by atoms with van der Waals surface area (Å²) in [7, 11) is 1.78. The molecule has 1 saturated carbocycles. The third-order valence-corrected chi connectivity index (χ3v) is 5.02. The molecule has 0 spiro atoms. The molecule has 1 aliphatic carbocycles. The Bertz CT molecular complexity index is 1200. The zero-order chi connectivity index (χ0) is 17.1. The van der Waals surface area contributed by atoms with Crippen molar-refractivity contribution in [3.8, 4) is 11.1 Å². The summed E-state index contributed by atoms with van der Waals surface area (Å²) in [5, 5.41) is 2.64. The van der Waals surface area contributed by atoms with Crippen LogP contribution in [0.2, 0.25) is 0 Å². The molecule has 1 fully saturated rings. The molecule has 4 aromatic rings. The SMILES string of the molecule is Cn1cc(-c2cc(N)cc3cc(C4CC4)oc23)c2ccccc2c1=O. The summed E-state index contributed by atoms with van der Waals surface area (Å²) in [6, 6.07) is 13.7. The van der Waals surface area contributed by atoms with Crippen LogP contribution in [0.25, 0.3) is 32.9 Å². The zero-order valence-corrected chi connectivity index (χ0v) is 14.0. The maximum absolute atomic E-state index is 12.5. The summed E-state index contributed by atoms with van der Waals surface area (Å²) in [4.78, 5) is 12.5. The van der Waals surface area contributed by atoms with Gasteiger partial charge in [0.05, 0.1) is 0 Å². The lowest BCUT2D eigenvalue weighted by Crippen LogP contribution is -2.16. The van der Waals surface area contributed by atoms with Gasteiger partial charge >= 0.3 is 0 Å².